The van der Waals surface area contributed by atoms with Gasteiger partial charge in [0.05, 0.1) is 6.20 Å². The molecule has 0 aliphatic carbocycles. The van der Waals surface area contributed by atoms with E-state index in [9.17, 15) is 0 Å². The van der Waals surface area contributed by atoms with Crippen molar-refractivity contribution in [2.24, 2.45) is 0 Å². The van der Waals surface area contributed by atoms with Crippen LogP contribution in [-0.4, -0.2) is 31.9 Å². The highest BCUT2D eigenvalue weighted by Gasteiger charge is 2.06. The first-order valence-electron chi connectivity index (χ1n) is 7.97. The topological polar surface area (TPSA) is 105 Å². The Hall–Kier alpha value is -3.42. The molecule has 0 bridgehead atoms. The summed E-state index contributed by atoms with van der Waals surface area (Å²) in [6.07, 6.45) is 4.51. The molecule has 0 amide bonds. The minimum absolute atomic E-state index is 0.366. The summed E-state index contributed by atoms with van der Waals surface area (Å²) in [5.74, 6) is 2.28. The largest absolute Gasteiger partial charge is 0.368 e. The van der Waals surface area contributed by atoms with Crippen LogP contribution in [0.25, 0.3) is 10.9 Å². The molecular weight excluding hydrogens is 318 g/mol. The number of para-hydroxylation sites is 1. The van der Waals surface area contributed by atoms with Crippen molar-refractivity contribution in [3.63, 3.8) is 0 Å². The van der Waals surface area contributed by atoms with Gasteiger partial charge in [-0.05, 0) is 25.0 Å². The summed E-state index contributed by atoms with van der Waals surface area (Å²) in [7, 11) is 0. The van der Waals surface area contributed by atoms with Gasteiger partial charge in [-0.2, -0.15) is 10.1 Å². The fourth-order valence-corrected chi connectivity index (χ4v) is 2.65. The average molecular weight is 335 g/mol. The molecule has 0 fully saturated rings. The van der Waals surface area contributed by atoms with E-state index in [2.05, 4.69) is 48.1 Å². The zero-order valence-electron chi connectivity index (χ0n) is 13.7. The second-order valence-corrected chi connectivity index (χ2v) is 5.65. The molecule has 0 saturated carbocycles. The van der Waals surface area contributed by atoms with Crippen LogP contribution in [0.5, 0.6) is 0 Å². The van der Waals surface area contributed by atoms with Crippen LogP contribution in [0.15, 0.2) is 47.2 Å². The van der Waals surface area contributed by atoms with Gasteiger partial charge in [0.15, 0.2) is 11.6 Å². The highest BCUT2D eigenvalue weighted by Crippen LogP contribution is 2.18. The van der Waals surface area contributed by atoms with Gasteiger partial charge in [0.2, 0.25) is 5.95 Å². The number of aromatic nitrogens is 5. The smallest absolute Gasteiger partial charge is 0.250 e. The van der Waals surface area contributed by atoms with Gasteiger partial charge in [0.1, 0.15) is 5.76 Å². The molecule has 4 rings (SSSR count). The van der Waals surface area contributed by atoms with Crippen LogP contribution in [-0.2, 0) is 6.42 Å². The molecule has 0 aliphatic heterocycles. The molecular formula is C17H17N7O. The van der Waals surface area contributed by atoms with E-state index in [1.165, 1.54) is 10.9 Å². The summed E-state index contributed by atoms with van der Waals surface area (Å²) in [5, 5.41) is 19.2. The molecule has 0 unspecified atom stereocenters. The number of nitrogens with one attached hydrogen (secondary N) is 3. The van der Waals surface area contributed by atoms with E-state index in [1.807, 2.05) is 25.3 Å². The number of aromatic amines is 1. The third-order valence-electron chi connectivity index (χ3n) is 3.80. The second-order valence-electron chi connectivity index (χ2n) is 5.65. The van der Waals surface area contributed by atoms with Gasteiger partial charge < -0.3 is 20.1 Å². The Bertz CT molecular complexity index is 991. The Balaban J connectivity index is 1.39. The van der Waals surface area contributed by atoms with E-state index in [1.54, 1.807) is 12.3 Å². The number of anilines is 3. The van der Waals surface area contributed by atoms with Crippen LogP contribution in [0, 0.1) is 6.92 Å². The summed E-state index contributed by atoms with van der Waals surface area (Å²) in [4.78, 5) is 7.66. The van der Waals surface area contributed by atoms with Crippen LogP contribution in [0.3, 0.4) is 0 Å². The number of hydrogen-bond donors (Lipinski definition) is 3. The summed E-state index contributed by atoms with van der Waals surface area (Å²) in [6, 6.07) is 10.0. The van der Waals surface area contributed by atoms with E-state index in [4.69, 9.17) is 4.52 Å². The van der Waals surface area contributed by atoms with Gasteiger partial charge in [0, 0.05) is 29.7 Å². The zero-order chi connectivity index (χ0) is 17.1. The third-order valence-corrected chi connectivity index (χ3v) is 3.80. The van der Waals surface area contributed by atoms with Crippen LogP contribution in [0.2, 0.25) is 0 Å². The Morgan fingerprint density at radius 3 is 3.00 bits per heavy atom. The lowest BCUT2D eigenvalue weighted by molar-refractivity contribution is 0.400. The molecule has 126 valence electrons. The van der Waals surface area contributed by atoms with Gasteiger partial charge in [0.25, 0.3) is 0 Å². The Morgan fingerprint density at radius 1 is 1.20 bits per heavy atom. The van der Waals surface area contributed by atoms with E-state index in [0.29, 0.717) is 23.3 Å². The van der Waals surface area contributed by atoms with Crippen molar-refractivity contribution >= 4 is 28.5 Å². The maximum Gasteiger partial charge on any atom is 0.250 e. The van der Waals surface area contributed by atoms with Gasteiger partial charge in [-0.15, -0.1) is 5.10 Å². The quantitative estimate of drug-likeness (QED) is 0.497. The number of rotatable bonds is 6. The predicted octanol–water partition coefficient (Wildman–Crippen LogP) is 3.05. The third kappa shape index (κ3) is 3.42. The van der Waals surface area contributed by atoms with E-state index in [0.717, 1.165) is 18.5 Å². The minimum atomic E-state index is 0.366. The SMILES string of the molecule is Cc1cc(Nc2nncc(NCCc3c[nH]c4ccccc34)n2)no1. The van der Waals surface area contributed by atoms with Gasteiger partial charge >= 0.3 is 0 Å². The molecule has 8 heteroatoms. The van der Waals surface area contributed by atoms with Crippen molar-refractivity contribution < 1.29 is 4.52 Å². The van der Waals surface area contributed by atoms with E-state index in [-0.39, 0.29) is 0 Å². The first-order chi connectivity index (χ1) is 12.3. The zero-order valence-corrected chi connectivity index (χ0v) is 13.7. The molecule has 25 heavy (non-hydrogen) atoms. The Morgan fingerprint density at radius 2 is 2.12 bits per heavy atom. The summed E-state index contributed by atoms with van der Waals surface area (Å²) < 4.78 is 5.00. The molecule has 3 heterocycles. The monoisotopic (exact) mass is 335 g/mol. The van der Waals surface area contributed by atoms with Gasteiger partial charge in [-0.3, -0.25) is 0 Å². The average Bonchev–Trinajstić information content (AvgIpc) is 3.22. The van der Waals surface area contributed by atoms with Crippen molar-refractivity contribution in [3.05, 3.63) is 54.0 Å². The van der Waals surface area contributed by atoms with Crippen molar-refractivity contribution in [1.29, 1.82) is 0 Å². The molecule has 3 aromatic heterocycles. The number of benzene rings is 1. The van der Waals surface area contributed by atoms with Crippen LogP contribution in [0.1, 0.15) is 11.3 Å². The van der Waals surface area contributed by atoms with Gasteiger partial charge in [-0.1, -0.05) is 23.4 Å². The predicted molar refractivity (Wildman–Crippen MR) is 94.8 cm³/mol. The first kappa shape index (κ1) is 15.1. The maximum atomic E-state index is 5.00. The molecule has 8 nitrogen and oxygen atoms in total. The number of hydrogen-bond acceptors (Lipinski definition) is 7. The highest BCUT2D eigenvalue weighted by atomic mass is 16.5. The number of fused-ring (bicyclic) bond motifs is 1. The summed E-state index contributed by atoms with van der Waals surface area (Å²) in [5.41, 5.74) is 2.41. The normalized spacial score (nSPS) is 10.9. The van der Waals surface area contributed by atoms with Crippen molar-refractivity contribution in [3.8, 4) is 0 Å². The number of aryl methyl sites for hydroxylation is 1. The lowest BCUT2D eigenvalue weighted by Gasteiger charge is -2.06. The van der Waals surface area contributed by atoms with Crippen molar-refractivity contribution in [2.75, 3.05) is 17.2 Å². The summed E-state index contributed by atoms with van der Waals surface area (Å²) >= 11 is 0. The highest BCUT2D eigenvalue weighted by molar-refractivity contribution is 5.83. The molecule has 0 saturated heterocycles. The minimum Gasteiger partial charge on any atom is -0.368 e. The van der Waals surface area contributed by atoms with Crippen molar-refractivity contribution in [1.82, 2.24) is 25.3 Å². The maximum absolute atomic E-state index is 5.00. The Labute approximate surface area is 143 Å². The van der Waals surface area contributed by atoms with Crippen LogP contribution in [0.4, 0.5) is 17.6 Å². The fraction of sp³-hybridized carbons (Fsp3) is 0.176. The Kier molecular flexibility index (Phi) is 3.99. The van der Waals surface area contributed by atoms with Crippen molar-refractivity contribution in [2.45, 2.75) is 13.3 Å². The fourth-order valence-electron chi connectivity index (χ4n) is 2.65. The van der Waals surface area contributed by atoms with E-state index >= 15 is 0 Å². The lowest BCUT2D eigenvalue weighted by atomic mass is 10.1. The molecule has 4 aromatic rings. The van der Waals surface area contributed by atoms with Crippen LogP contribution >= 0.6 is 0 Å². The molecule has 0 atom stereocenters. The summed E-state index contributed by atoms with van der Waals surface area (Å²) in [6.45, 7) is 2.56. The lowest BCUT2D eigenvalue weighted by Crippen LogP contribution is -2.08. The number of nitrogens with zero attached hydrogens (tertiary/aromatic N) is 4. The second kappa shape index (κ2) is 6.60. The number of H-pyrrole nitrogens is 1. The first-order valence-corrected chi connectivity index (χ1v) is 7.97. The molecule has 1 aromatic carbocycles. The van der Waals surface area contributed by atoms with Gasteiger partial charge in [-0.25, -0.2) is 0 Å². The standard InChI is InChI=1S/C17H17N7O/c1-11-8-15(24-25-11)21-17-22-16(10-20-23-17)18-7-6-12-9-19-14-5-3-2-4-13(12)14/h2-5,8-10,19H,6-7H2,1H3,(H2,18,21,22,23,24). The molecule has 0 spiro atoms. The molecule has 0 radical (unpaired) electrons. The molecule has 0 aliphatic rings. The van der Waals surface area contributed by atoms with E-state index < -0.39 is 0 Å². The van der Waals surface area contributed by atoms with Crippen LogP contribution < -0.4 is 10.6 Å². The molecule has 3 N–H and O–H groups in total.